The predicted molar refractivity (Wildman–Crippen MR) is 117 cm³/mol. The molecule has 0 radical (unpaired) electrons. The molecule has 1 aromatic heterocycles. The SMILES string of the molecule is CCOc1cc2occ(-c3ccc(Br)cc3)c2cc1/C(C)=C/C(=O)NC(C)C. The Balaban J connectivity index is 2.10. The van der Waals surface area contributed by atoms with Crippen LogP contribution >= 0.6 is 15.9 Å². The number of nitrogens with one attached hydrogen (secondary N) is 1. The maximum atomic E-state index is 12.2. The van der Waals surface area contributed by atoms with Gasteiger partial charge in [-0.3, -0.25) is 4.79 Å². The summed E-state index contributed by atoms with van der Waals surface area (Å²) in [6.45, 7) is 8.27. The second-order valence-corrected chi connectivity index (χ2v) is 7.84. The number of carbonyl (C=O) groups is 1. The number of allylic oxidation sites excluding steroid dienone is 1. The molecule has 0 bridgehead atoms. The highest BCUT2D eigenvalue weighted by Gasteiger charge is 2.15. The molecule has 1 amide bonds. The third-order valence-corrected chi connectivity index (χ3v) is 4.86. The zero-order valence-corrected chi connectivity index (χ0v) is 18.1. The molecule has 5 heteroatoms. The number of amides is 1. The first-order chi connectivity index (χ1) is 13.4. The lowest BCUT2D eigenvalue weighted by Gasteiger charge is -2.12. The molecule has 1 heterocycles. The van der Waals surface area contributed by atoms with Crippen LogP contribution in [-0.4, -0.2) is 18.6 Å². The summed E-state index contributed by atoms with van der Waals surface area (Å²) in [7, 11) is 0. The normalized spacial score (nSPS) is 11.9. The van der Waals surface area contributed by atoms with Gasteiger partial charge in [-0.15, -0.1) is 0 Å². The number of ether oxygens (including phenoxy) is 1. The molecule has 0 spiro atoms. The molecule has 146 valence electrons. The molecule has 4 nitrogen and oxygen atoms in total. The van der Waals surface area contributed by atoms with Gasteiger partial charge in [0.25, 0.3) is 0 Å². The van der Waals surface area contributed by atoms with E-state index < -0.39 is 0 Å². The van der Waals surface area contributed by atoms with E-state index in [4.69, 9.17) is 9.15 Å². The molecule has 0 saturated heterocycles. The monoisotopic (exact) mass is 441 g/mol. The Labute approximate surface area is 173 Å². The Morgan fingerprint density at radius 3 is 2.61 bits per heavy atom. The fourth-order valence-corrected chi connectivity index (χ4v) is 3.36. The fraction of sp³-hybridized carbons (Fsp3) is 0.261. The highest BCUT2D eigenvalue weighted by atomic mass is 79.9. The van der Waals surface area contributed by atoms with E-state index >= 15 is 0 Å². The van der Waals surface area contributed by atoms with E-state index in [9.17, 15) is 4.79 Å². The van der Waals surface area contributed by atoms with Gasteiger partial charge in [-0.2, -0.15) is 0 Å². The lowest BCUT2D eigenvalue weighted by Crippen LogP contribution is -2.28. The molecule has 0 fully saturated rings. The molecule has 3 rings (SSSR count). The maximum absolute atomic E-state index is 12.2. The van der Waals surface area contributed by atoms with Crippen molar-refractivity contribution >= 4 is 38.4 Å². The summed E-state index contributed by atoms with van der Waals surface area (Å²) in [6, 6.07) is 12.1. The average molecular weight is 442 g/mol. The largest absolute Gasteiger partial charge is 0.493 e. The van der Waals surface area contributed by atoms with Gasteiger partial charge in [0.2, 0.25) is 5.91 Å². The van der Waals surface area contributed by atoms with Crippen LogP contribution in [0.3, 0.4) is 0 Å². The Morgan fingerprint density at radius 1 is 1.25 bits per heavy atom. The standard InChI is InChI=1S/C23H24BrNO3/c1-5-27-21-12-22-19(11-18(21)15(4)10-23(26)25-14(2)3)20(13-28-22)16-6-8-17(24)9-7-16/h6-14H,5H2,1-4H3,(H,25,26)/b15-10+. The van der Waals surface area contributed by atoms with Crippen LogP contribution in [-0.2, 0) is 4.79 Å². The van der Waals surface area contributed by atoms with Crippen LogP contribution in [0.25, 0.3) is 27.7 Å². The summed E-state index contributed by atoms with van der Waals surface area (Å²) in [4.78, 5) is 12.2. The molecule has 0 atom stereocenters. The van der Waals surface area contributed by atoms with Gasteiger partial charge >= 0.3 is 0 Å². The molecular formula is C23H24BrNO3. The molecular weight excluding hydrogens is 418 g/mol. The summed E-state index contributed by atoms with van der Waals surface area (Å²) < 4.78 is 12.6. The van der Waals surface area contributed by atoms with Crippen molar-refractivity contribution in [2.24, 2.45) is 0 Å². The van der Waals surface area contributed by atoms with Gasteiger partial charge < -0.3 is 14.5 Å². The van der Waals surface area contributed by atoms with Crippen LogP contribution in [0.2, 0.25) is 0 Å². The molecule has 0 aliphatic rings. The number of hydrogen-bond acceptors (Lipinski definition) is 3. The average Bonchev–Trinajstić information content (AvgIpc) is 3.04. The molecule has 1 N–H and O–H groups in total. The molecule has 0 aliphatic heterocycles. The van der Waals surface area contributed by atoms with Crippen LogP contribution < -0.4 is 10.1 Å². The van der Waals surface area contributed by atoms with Crippen molar-refractivity contribution < 1.29 is 13.9 Å². The van der Waals surface area contributed by atoms with Crippen LogP contribution in [0, 0.1) is 0 Å². The third-order valence-electron chi connectivity index (χ3n) is 4.33. The number of rotatable bonds is 6. The Bertz CT molecular complexity index is 1020. The molecule has 28 heavy (non-hydrogen) atoms. The first-order valence-corrected chi connectivity index (χ1v) is 10.1. The van der Waals surface area contributed by atoms with E-state index in [0.717, 1.165) is 37.7 Å². The lowest BCUT2D eigenvalue weighted by atomic mass is 9.99. The highest BCUT2D eigenvalue weighted by molar-refractivity contribution is 9.10. The van der Waals surface area contributed by atoms with E-state index in [1.807, 2.05) is 64.1 Å². The van der Waals surface area contributed by atoms with Crippen LogP contribution in [0.5, 0.6) is 5.75 Å². The molecule has 2 aromatic carbocycles. The first-order valence-electron chi connectivity index (χ1n) is 9.32. The van der Waals surface area contributed by atoms with E-state index in [0.29, 0.717) is 12.4 Å². The van der Waals surface area contributed by atoms with Gasteiger partial charge in [-0.25, -0.2) is 0 Å². The van der Waals surface area contributed by atoms with Crippen LogP contribution in [0.15, 0.2) is 57.6 Å². The quantitative estimate of drug-likeness (QED) is 0.463. The fourth-order valence-electron chi connectivity index (χ4n) is 3.09. The molecule has 0 aliphatic carbocycles. The summed E-state index contributed by atoms with van der Waals surface area (Å²) in [5, 5.41) is 3.87. The van der Waals surface area contributed by atoms with Crippen molar-refractivity contribution in [2.75, 3.05) is 6.61 Å². The number of hydrogen-bond donors (Lipinski definition) is 1. The minimum atomic E-state index is -0.115. The van der Waals surface area contributed by atoms with Gasteiger partial charge in [0.05, 0.1) is 12.9 Å². The van der Waals surface area contributed by atoms with Crippen LogP contribution in [0.4, 0.5) is 0 Å². The zero-order chi connectivity index (χ0) is 20.3. The van der Waals surface area contributed by atoms with E-state index in [1.54, 1.807) is 12.3 Å². The Kier molecular flexibility index (Phi) is 6.25. The molecule has 3 aromatic rings. The summed E-state index contributed by atoms with van der Waals surface area (Å²) in [5.74, 6) is 0.591. The molecule has 0 unspecified atom stereocenters. The van der Waals surface area contributed by atoms with Crippen molar-refractivity contribution in [1.29, 1.82) is 0 Å². The number of halogens is 1. The number of benzene rings is 2. The van der Waals surface area contributed by atoms with Crippen molar-refractivity contribution in [3.8, 4) is 16.9 Å². The zero-order valence-electron chi connectivity index (χ0n) is 16.5. The van der Waals surface area contributed by atoms with Gasteiger partial charge in [0.15, 0.2) is 0 Å². The minimum Gasteiger partial charge on any atom is -0.493 e. The maximum Gasteiger partial charge on any atom is 0.244 e. The summed E-state index contributed by atoms with van der Waals surface area (Å²) in [6.07, 6.45) is 3.38. The van der Waals surface area contributed by atoms with E-state index in [-0.39, 0.29) is 11.9 Å². The first kappa shape index (κ1) is 20.2. The number of carbonyl (C=O) groups excluding carboxylic acids is 1. The molecule has 0 saturated carbocycles. The second kappa shape index (κ2) is 8.65. The third kappa shape index (κ3) is 4.47. The van der Waals surface area contributed by atoms with E-state index in [1.165, 1.54) is 0 Å². The number of furan rings is 1. The number of fused-ring (bicyclic) bond motifs is 1. The Hall–Kier alpha value is -2.53. The highest BCUT2D eigenvalue weighted by Crippen LogP contribution is 2.37. The van der Waals surface area contributed by atoms with Crippen molar-refractivity contribution in [3.63, 3.8) is 0 Å². The van der Waals surface area contributed by atoms with Crippen molar-refractivity contribution in [3.05, 3.63) is 58.8 Å². The lowest BCUT2D eigenvalue weighted by molar-refractivity contribution is -0.116. The summed E-state index contributed by atoms with van der Waals surface area (Å²) >= 11 is 3.47. The van der Waals surface area contributed by atoms with Gasteiger partial charge in [0.1, 0.15) is 11.3 Å². The van der Waals surface area contributed by atoms with Gasteiger partial charge in [0, 0.05) is 39.2 Å². The minimum absolute atomic E-state index is 0.0864. The van der Waals surface area contributed by atoms with Gasteiger partial charge in [-0.05, 0) is 57.0 Å². The Morgan fingerprint density at radius 2 is 1.96 bits per heavy atom. The topological polar surface area (TPSA) is 51.5 Å². The predicted octanol–water partition coefficient (Wildman–Crippen LogP) is 6.19. The van der Waals surface area contributed by atoms with E-state index in [2.05, 4.69) is 21.2 Å². The summed E-state index contributed by atoms with van der Waals surface area (Å²) in [5.41, 5.74) is 4.55. The van der Waals surface area contributed by atoms with Crippen molar-refractivity contribution in [2.45, 2.75) is 33.7 Å². The van der Waals surface area contributed by atoms with Crippen molar-refractivity contribution in [1.82, 2.24) is 5.32 Å². The van der Waals surface area contributed by atoms with Gasteiger partial charge in [-0.1, -0.05) is 28.1 Å². The second-order valence-electron chi connectivity index (χ2n) is 6.92. The smallest absolute Gasteiger partial charge is 0.244 e. The van der Waals surface area contributed by atoms with Crippen LogP contribution in [0.1, 0.15) is 33.3 Å².